The molecule has 7 heteroatoms. The standard InChI is InChI=1S/C17H23N5O2/c1-12(23)22-9-7-14(8-10-22)18-17-20-19-16(24-17)13-5-4-6-15(11-13)21(2)3/h4-6,11,14H,7-10H2,1-3H3,(H,18,20). The molecular formula is C17H23N5O2. The van der Waals surface area contributed by atoms with Gasteiger partial charge in [0.15, 0.2) is 0 Å². The summed E-state index contributed by atoms with van der Waals surface area (Å²) in [4.78, 5) is 15.3. The molecule has 2 aromatic rings. The van der Waals surface area contributed by atoms with Crippen LogP contribution in [-0.4, -0.2) is 54.2 Å². The van der Waals surface area contributed by atoms with E-state index in [1.54, 1.807) is 6.92 Å². The summed E-state index contributed by atoms with van der Waals surface area (Å²) in [7, 11) is 3.99. The van der Waals surface area contributed by atoms with Crippen molar-refractivity contribution < 1.29 is 9.21 Å². The normalized spacial score (nSPS) is 15.4. The van der Waals surface area contributed by atoms with Crippen molar-refractivity contribution in [3.05, 3.63) is 24.3 Å². The fourth-order valence-corrected chi connectivity index (χ4v) is 2.83. The van der Waals surface area contributed by atoms with Gasteiger partial charge in [0, 0.05) is 51.4 Å². The lowest BCUT2D eigenvalue weighted by Crippen LogP contribution is -2.41. The van der Waals surface area contributed by atoms with E-state index >= 15 is 0 Å². The summed E-state index contributed by atoms with van der Waals surface area (Å²) in [5, 5.41) is 11.5. The van der Waals surface area contributed by atoms with E-state index in [1.807, 2.05) is 48.2 Å². The Bertz CT molecular complexity index is 705. The molecule has 24 heavy (non-hydrogen) atoms. The molecule has 0 aliphatic carbocycles. The smallest absolute Gasteiger partial charge is 0.315 e. The van der Waals surface area contributed by atoms with Crippen LogP contribution in [0.3, 0.4) is 0 Å². The Labute approximate surface area is 141 Å². The highest BCUT2D eigenvalue weighted by atomic mass is 16.4. The van der Waals surface area contributed by atoms with E-state index in [0.717, 1.165) is 37.2 Å². The molecule has 1 fully saturated rings. The number of benzene rings is 1. The van der Waals surface area contributed by atoms with Gasteiger partial charge in [-0.15, -0.1) is 5.10 Å². The topological polar surface area (TPSA) is 74.5 Å². The summed E-state index contributed by atoms with van der Waals surface area (Å²) in [6.45, 7) is 3.14. The van der Waals surface area contributed by atoms with E-state index in [-0.39, 0.29) is 11.9 Å². The van der Waals surface area contributed by atoms with Gasteiger partial charge in [-0.25, -0.2) is 0 Å². The van der Waals surface area contributed by atoms with Gasteiger partial charge in [0.2, 0.25) is 11.8 Å². The third-order valence-corrected chi connectivity index (χ3v) is 4.30. The molecule has 3 rings (SSSR count). The van der Waals surface area contributed by atoms with Crippen molar-refractivity contribution in [3.8, 4) is 11.5 Å². The number of carbonyl (C=O) groups excluding carboxylic acids is 1. The number of nitrogens with one attached hydrogen (secondary N) is 1. The van der Waals surface area contributed by atoms with E-state index in [0.29, 0.717) is 11.9 Å². The molecule has 0 atom stereocenters. The van der Waals surface area contributed by atoms with E-state index in [2.05, 4.69) is 15.5 Å². The average molecular weight is 329 g/mol. The second kappa shape index (κ2) is 6.90. The minimum absolute atomic E-state index is 0.134. The number of nitrogens with zero attached hydrogens (tertiary/aromatic N) is 4. The quantitative estimate of drug-likeness (QED) is 0.927. The molecule has 1 saturated heterocycles. The molecular weight excluding hydrogens is 306 g/mol. The number of carbonyl (C=O) groups is 1. The Morgan fingerprint density at radius 1 is 1.29 bits per heavy atom. The third kappa shape index (κ3) is 3.67. The number of anilines is 2. The van der Waals surface area contributed by atoms with Crippen molar-refractivity contribution in [2.75, 3.05) is 37.4 Å². The molecule has 1 aliphatic rings. The molecule has 1 N–H and O–H groups in total. The van der Waals surface area contributed by atoms with Crippen LogP contribution in [0.4, 0.5) is 11.7 Å². The Balaban J connectivity index is 1.64. The van der Waals surface area contributed by atoms with Crippen LogP contribution in [0.15, 0.2) is 28.7 Å². The van der Waals surface area contributed by atoms with Crippen LogP contribution in [0.1, 0.15) is 19.8 Å². The van der Waals surface area contributed by atoms with Crippen LogP contribution < -0.4 is 10.2 Å². The Hall–Kier alpha value is -2.57. The number of aromatic nitrogens is 2. The van der Waals surface area contributed by atoms with Crippen LogP contribution in [0.2, 0.25) is 0 Å². The maximum absolute atomic E-state index is 11.4. The van der Waals surface area contributed by atoms with Crippen molar-refractivity contribution in [1.29, 1.82) is 0 Å². The Morgan fingerprint density at radius 3 is 2.71 bits per heavy atom. The van der Waals surface area contributed by atoms with E-state index in [4.69, 9.17) is 4.42 Å². The first-order chi connectivity index (χ1) is 11.5. The van der Waals surface area contributed by atoms with Gasteiger partial charge in [-0.1, -0.05) is 11.2 Å². The summed E-state index contributed by atoms with van der Waals surface area (Å²) >= 11 is 0. The summed E-state index contributed by atoms with van der Waals surface area (Å²) in [6.07, 6.45) is 1.76. The molecule has 7 nitrogen and oxygen atoms in total. The molecule has 2 heterocycles. The molecule has 0 saturated carbocycles. The summed E-state index contributed by atoms with van der Waals surface area (Å²) < 4.78 is 5.75. The number of amides is 1. The van der Waals surface area contributed by atoms with Gasteiger partial charge >= 0.3 is 6.01 Å². The number of hydrogen-bond donors (Lipinski definition) is 1. The van der Waals surface area contributed by atoms with Crippen LogP contribution in [0.5, 0.6) is 0 Å². The second-order valence-corrected chi connectivity index (χ2v) is 6.28. The maximum Gasteiger partial charge on any atom is 0.315 e. The number of piperidine rings is 1. The molecule has 1 aromatic heterocycles. The van der Waals surface area contributed by atoms with Gasteiger partial charge in [-0.05, 0) is 31.0 Å². The van der Waals surface area contributed by atoms with Crippen molar-refractivity contribution in [2.45, 2.75) is 25.8 Å². The zero-order chi connectivity index (χ0) is 17.1. The summed E-state index contributed by atoms with van der Waals surface area (Å²) in [6, 6.07) is 8.66. The number of likely N-dealkylation sites (tertiary alicyclic amines) is 1. The minimum Gasteiger partial charge on any atom is -0.403 e. The molecule has 128 valence electrons. The highest BCUT2D eigenvalue weighted by Crippen LogP contribution is 2.25. The average Bonchev–Trinajstić information content (AvgIpc) is 3.04. The third-order valence-electron chi connectivity index (χ3n) is 4.30. The largest absolute Gasteiger partial charge is 0.403 e. The molecule has 0 radical (unpaired) electrons. The first kappa shape index (κ1) is 16.3. The zero-order valence-corrected chi connectivity index (χ0v) is 14.3. The van der Waals surface area contributed by atoms with Crippen LogP contribution in [-0.2, 0) is 4.79 Å². The number of rotatable bonds is 4. The first-order valence-corrected chi connectivity index (χ1v) is 8.16. The lowest BCUT2D eigenvalue weighted by Gasteiger charge is -2.31. The molecule has 0 spiro atoms. The van der Waals surface area contributed by atoms with Crippen molar-refractivity contribution in [1.82, 2.24) is 15.1 Å². The van der Waals surface area contributed by atoms with Crippen molar-refractivity contribution in [3.63, 3.8) is 0 Å². The maximum atomic E-state index is 11.4. The van der Waals surface area contributed by atoms with Gasteiger partial charge < -0.3 is 19.5 Å². The Kier molecular flexibility index (Phi) is 4.69. The van der Waals surface area contributed by atoms with Crippen LogP contribution >= 0.6 is 0 Å². The van der Waals surface area contributed by atoms with Gasteiger partial charge in [-0.3, -0.25) is 4.79 Å². The SMILES string of the molecule is CC(=O)N1CCC(Nc2nnc(-c3cccc(N(C)C)c3)o2)CC1. The molecule has 1 aliphatic heterocycles. The second-order valence-electron chi connectivity index (χ2n) is 6.28. The van der Waals surface area contributed by atoms with Gasteiger partial charge in [-0.2, -0.15) is 0 Å². The van der Waals surface area contributed by atoms with Gasteiger partial charge in [0.05, 0.1) is 0 Å². The van der Waals surface area contributed by atoms with E-state index in [1.165, 1.54) is 0 Å². The summed E-state index contributed by atoms with van der Waals surface area (Å²) in [5.74, 6) is 0.636. The van der Waals surface area contributed by atoms with Gasteiger partial charge in [0.1, 0.15) is 0 Å². The zero-order valence-electron chi connectivity index (χ0n) is 14.3. The van der Waals surface area contributed by atoms with E-state index in [9.17, 15) is 4.79 Å². The molecule has 0 unspecified atom stereocenters. The van der Waals surface area contributed by atoms with Crippen LogP contribution in [0.25, 0.3) is 11.5 Å². The van der Waals surface area contributed by atoms with Gasteiger partial charge in [0.25, 0.3) is 0 Å². The lowest BCUT2D eigenvalue weighted by molar-refractivity contribution is -0.129. The lowest BCUT2D eigenvalue weighted by atomic mass is 10.1. The minimum atomic E-state index is 0.134. The highest BCUT2D eigenvalue weighted by Gasteiger charge is 2.22. The van der Waals surface area contributed by atoms with Crippen molar-refractivity contribution >= 4 is 17.6 Å². The fourth-order valence-electron chi connectivity index (χ4n) is 2.83. The fraction of sp³-hybridized carbons (Fsp3) is 0.471. The predicted molar refractivity (Wildman–Crippen MR) is 93.0 cm³/mol. The molecule has 0 bridgehead atoms. The Morgan fingerprint density at radius 2 is 2.04 bits per heavy atom. The van der Waals surface area contributed by atoms with Crippen LogP contribution in [0, 0.1) is 0 Å². The number of hydrogen-bond acceptors (Lipinski definition) is 6. The molecule has 1 amide bonds. The summed E-state index contributed by atoms with van der Waals surface area (Å²) in [5.41, 5.74) is 1.98. The highest BCUT2D eigenvalue weighted by molar-refractivity contribution is 5.73. The molecule has 1 aromatic carbocycles. The first-order valence-electron chi connectivity index (χ1n) is 8.16. The van der Waals surface area contributed by atoms with E-state index < -0.39 is 0 Å². The predicted octanol–water partition coefficient (Wildman–Crippen LogP) is 2.23. The van der Waals surface area contributed by atoms with Crippen molar-refractivity contribution in [2.24, 2.45) is 0 Å². The monoisotopic (exact) mass is 329 g/mol.